The molecule has 1 aromatic heterocycles. The van der Waals surface area contributed by atoms with Gasteiger partial charge in [-0.1, -0.05) is 31.5 Å². The standard InChI is InChI=1S/C22H29N3O4/c1-3-4-11-23-20(26)16-9-10-17(14-25(2)13-16)24-21(27)18-12-15-7-5-6-8-19(15)29-22(18)28/h5-8,12,16-17H,3-4,9-11,13-14H2,1-2H3,(H,23,26)(H,24,27)/t16-,17+/m1/s1. The van der Waals surface area contributed by atoms with E-state index in [9.17, 15) is 14.4 Å². The molecule has 2 heterocycles. The lowest BCUT2D eigenvalue weighted by atomic mass is 10.0. The van der Waals surface area contributed by atoms with Gasteiger partial charge in [0, 0.05) is 31.1 Å². The number of para-hydroxylation sites is 1. The maximum absolute atomic E-state index is 12.7. The van der Waals surface area contributed by atoms with Gasteiger partial charge in [-0.3, -0.25) is 9.59 Å². The van der Waals surface area contributed by atoms with Crippen molar-refractivity contribution in [3.05, 3.63) is 46.3 Å². The quantitative estimate of drug-likeness (QED) is 0.574. The highest BCUT2D eigenvalue weighted by Gasteiger charge is 2.28. The molecule has 2 aromatic rings. The van der Waals surface area contributed by atoms with Crippen LogP contribution in [0.2, 0.25) is 0 Å². The number of carbonyl (C=O) groups excluding carboxylic acids is 2. The number of hydrogen-bond acceptors (Lipinski definition) is 5. The van der Waals surface area contributed by atoms with Crippen molar-refractivity contribution in [1.82, 2.24) is 15.5 Å². The summed E-state index contributed by atoms with van der Waals surface area (Å²) in [5.74, 6) is -0.453. The lowest BCUT2D eigenvalue weighted by Gasteiger charge is -2.21. The average Bonchev–Trinajstić information content (AvgIpc) is 2.88. The first-order valence-electron chi connectivity index (χ1n) is 10.3. The van der Waals surface area contributed by atoms with Crippen LogP contribution in [0.4, 0.5) is 0 Å². The third-order valence-corrected chi connectivity index (χ3v) is 5.35. The molecule has 156 valence electrons. The Morgan fingerprint density at radius 1 is 1.21 bits per heavy atom. The third kappa shape index (κ3) is 5.44. The van der Waals surface area contributed by atoms with Crippen LogP contribution in [-0.2, 0) is 4.79 Å². The summed E-state index contributed by atoms with van der Waals surface area (Å²) in [6.07, 6.45) is 3.39. The number of carbonyl (C=O) groups is 2. The van der Waals surface area contributed by atoms with Crippen molar-refractivity contribution in [3.63, 3.8) is 0 Å². The van der Waals surface area contributed by atoms with Crippen LogP contribution < -0.4 is 16.3 Å². The summed E-state index contributed by atoms with van der Waals surface area (Å²) in [6, 6.07) is 8.55. The molecule has 1 aliphatic heterocycles. The van der Waals surface area contributed by atoms with Crippen LogP contribution in [0.5, 0.6) is 0 Å². The van der Waals surface area contributed by atoms with E-state index in [-0.39, 0.29) is 23.4 Å². The zero-order valence-electron chi connectivity index (χ0n) is 17.1. The van der Waals surface area contributed by atoms with Gasteiger partial charge in [0.25, 0.3) is 5.91 Å². The van der Waals surface area contributed by atoms with Crippen LogP contribution in [0.25, 0.3) is 11.0 Å². The maximum atomic E-state index is 12.7. The van der Waals surface area contributed by atoms with E-state index in [4.69, 9.17) is 4.42 Å². The van der Waals surface area contributed by atoms with Gasteiger partial charge in [0.15, 0.2) is 0 Å². The van der Waals surface area contributed by atoms with Gasteiger partial charge in [-0.15, -0.1) is 0 Å². The zero-order valence-corrected chi connectivity index (χ0v) is 17.1. The number of nitrogens with one attached hydrogen (secondary N) is 2. The second kappa shape index (κ2) is 9.69. The summed E-state index contributed by atoms with van der Waals surface area (Å²) in [4.78, 5) is 39.4. The largest absolute Gasteiger partial charge is 0.422 e. The number of hydrogen-bond donors (Lipinski definition) is 2. The van der Waals surface area contributed by atoms with Crippen molar-refractivity contribution < 1.29 is 14.0 Å². The summed E-state index contributed by atoms with van der Waals surface area (Å²) in [5, 5.41) is 6.66. The number of fused-ring (bicyclic) bond motifs is 1. The molecule has 0 unspecified atom stereocenters. The molecule has 1 aromatic carbocycles. The average molecular weight is 399 g/mol. The van der Waals surface area contributed by atoms with Gasteiger partial charge >= 0.3 is 5.63 Å². The van der Waals surface area contributed by atoms with Crippen molar-refractivity contribution in [3.8, 4) is 0 Å². The van der Waals surface area contributed by atoms with Crippen LogP contribution in [0.15, 0.2) is 39.5 Å². The van der Waals surface area contributed by atoms with Crippen molar-refractivity contribution >= 4 is 22.8 Å². The number of amides is 2. The summed E-state index contributed by atoms with van der Waals surface area (Å²) in [6.45, 7) is 4.08. The summed E-state index contributed by atoms with van der Waals surface area (Å²) < 4.78 is 5.26. The SMILES string of the molecule is CCCCNC(=O)[C@@H]1CC[C@H](NC(=O)c2cc3ccccc3oc2=O)CN(C)C1. The van der Waals surface area contributed by atoms with Crippen LogP contribution in [-0.4, -0.2) is 49.4 Å². The van der Waals surface area contributed by atoms with Crippen molar-refractivity contribution in [1.29, 1.82) is 0 Å². The predicted octanol–water partition coefficient (Wildman–Crippen LogP) is 2.15. The van der Waals surface area contributed by atoms with E-state index in [1.807, 2.05) is 13.1 Å². The topological polar surface area (TPSA) is 91.6 Å². The molecule has 0 aliphatic carbocycles. The minimum absolute atomic E-state index is 0.00413. The number of unbranched alkanes of at least 4 members (excludes halogenated alkanes) is 1. The number of benzene rings is 1. The Hall–Kier alpha value is -2.67. The molecule has 29 heavy (non-hydrogen) atoms. The number of likely N-dealkylation sites (tertiary alicyclic amines) is 1. The van der Waals surface area contributed by atoms with Crippen LogP contribution >= 0.6 is 0 Å². The Balaban J connectivity index is 1.64. The second-order valence-electron chi connectivity index (χ2n) is 7.80. The maximum Gasteiger partial charge on any atom is 0.349 e. The molecule has 7 heteroatoms. The predicted molar refractivity (Wildman–Crippen MR) is 112 cm³/mol. The molecule has 1 fully saturated rings. The number of nitrogens with zero attached hydrogens (tertiary/aromatic N) is 1. The molecule has 2 amide bonds. The summed E-state index contributed by atoms with van der Waals surface area (Å²) in [5.41, 5.74) is -0.180. The van der Waals surface area contributed by atoms with Crippen molar-refractivity contribution in [2.45, 2.75) is 38.6 Å². The van der Waals surface area contributed by atoms with Crippen LogP contribution in [0, 0.1) is 5.92 Å². The fourth-order valence-electron chi connectivity index (χ4n) is 3.76. The van der Waals surface area contributed by atoms with E-state index in [1.54, 1.807) is 24.3 Å². The van der Waals surface area contributed by atoms with E-state index in [0.717, 1.165) is 12.8 Å². The number of rotatable bonds is 6. The Kier molecular flexibility index (Phi) is 7.04. The van der Waals surface area contributed by atoms with Crippen molar-refractivity contribution in [2.75, 3.05) is 26.7 Å². The second-order valence-corrected chi connectivity index (χ2v) is 7.80. The first-order valence-corrected chi connectivity index (χ1v) is 10.3. The van der Waals surface area contributed by atoms with Gasteiger partial charge in [-0.25, -0.2) is 4.79 Å². The van der Waals surface area contributed by atoms with Gasteiger partial charge in [0.1, 0.15) is 11.1 Å². The first-order chi connectivity index (χ1) is 14.0. The Morgan fingerprint density at radius 2 is 2.00 bits per heavy atom. The highest BCUT2D eigenvalue weighted by Crippen LogP contribution is 2.17. The van der Waals surface area contributed by atoms with E-state index in [0.29, 0.717) is 43.4 Å². The lowest BCUT2D eigenvalue weighted by Crippen LogP contribution is -2.43. The normalized spacial score (nSPS) is 20.2. The minimum Gasteiger partial charge on any atom is -0.422 e. The van der Waals surface area contributed by atoms with Crippen LogP contribution in [0.1, 0.15) is 43.0 Å². The van der Waals surface area contributed by atoms with Gasteiger partial charge in [-0.2, -0.15) is 0 Å². The molecular formula is C22H29N3O4. The molecule has 1 saturated heterocycles. The Labute approximate surface area is 170 Å². The molecule has 2 N–H and O–H groups in total. The van der Waals surface area contributed by atoms with Crippen LogP contribution in [0.3, 0.4) is 0 Å². The molecule has 7 nitrogen and oxygen atoms in total. The van der Waals surface area contributed by atoms with E-state index >= 15 is 0 Å². The van der Waals surface area contributed by atoms with E-state index < -0.39 is 11.5 Å². The first kappa shape index (κ1) is 21.0. The van der Waals surface area contributed by atoms with Gasteiger partial charge in [0.05, 0.1) is 5.92 Å². The molecule has 0 radical (unpaired) electrons. The smallest absolute Gasteiger partial charge is 0.349 e. The fourth-order valence-corrected chi connectivity index (χ4v) is 3.76. The molecular weight excluding hydrogens is 370 g/mol. The fraction of sp³-hybridized carbons (Fsp3) is 0.500. The van der Waals surface area contributed by atoms with E-state index in [2.05, 4.69) is 22.5 Å². The molecule has 0 bridgehead atoms. The Bertz CT molecular complexity index is 924. The summed E-state index contributed by atoms with van der Waals surface area (Å²) in [7, 11) is 1.95. The molecule has 1 aliphatic rings. The molecule has 0 saturated carbocycles. The highest BCUT2D eigenvalue weighted by atomic mass is 16.4. The Morgan fingerprint density at radius 3 is 2.79 bits per heavy atom. The molecule has 2 atom stereocenters. The lowest BCUT2D eigenvalue weighted by molar-refractivity contribution is -0.125. The van der Waals surface area contributed by atoms with Gasteiger partial charge < -0.3 is 20.0 Å². The molecule has 0 spiro atoms. The van der Waals surface area contributed by atoms with Gasteiger partial charge in [-0.05, 0) is 38.4 Å². The monoisotopic (exact) mass is 399 g/mol. The van der Waals surface area contributed by atoms with Gasteiger partial charge in [0.2, 0.25) is 5.91 Å². The zero-order chi connectivity index (χ0) is 20.8. The summed E-state index contributed by atoms with van der Waals surface area (Å²) >= 11 is 0. The van der Waals surface area contributed by atoms with E-state index in [1.165, 1.54) is 0 Å². The minimum atomic E-state index is -0.642. The number of likely N-dealkylation sites (N-methyl/N-ethyl adjacent to an activating group) is 1. The third-order valence-electron chi connectivity index (χ3n) is 5.35. The highest BCUT2D eigenvalue weighted by molar-refractivity contribution is 5.96. The molecule has 3 rings (SSSR count). The van der Waals surface area contributed by atoms with Crippen molar-refractivity contribution in [2.24, 2.45) is 5.92 Å².